The van der Waals surface area contributed by atoms with Crippen LogP contribution in [0.15, 0.2) is 0 Å². The molecule has 0 atom stereocenters. The summed E-state index contributed by atoms with van der Waals surface area (Å²) in [5.41, 5.74) is 0.835. The first kappa shape index (κ1) is 14.9. The Morgan fingerprint density at radius 1 is 1.32 bits per heavy atom. The molecule has 1 aliphatic rings. The highest BCUT2D eigenvalue weighted by Gasteiger charge is 2.28. The standard InChI is InChI=1S/C13H21NO3S2/c1-2-11-12(8-15)18-13(14-11)9-19(16,17)10-6-4-3-5-7-10/h10,15H,2-9H2,1H3. The molecule has 2 rings (SSSR count). The maximum atomic E-state index is 12.4. The van der Waals surface area contributed by atoms with Crippen LogP contribution in [0.2, 0.25) is 0 Å². The molecule has 0 unspecified atom stereocenters. The molecule has 0 spiro atoms. The Morgan fingerprint density at radius 3 is 2.53 bits per heavy atom. The van der Waals surface area contributed by atoms with E-state index in [0.717, 1.165) is 49.1 Å². The van der Waals surface area contributed by atoms with E-state index in [1.807, 2.05) is 6.92 Å². The summed E-state index contributed by atoms with van der Waals surface area (Å²) in [5.74, 6) is 0.0370. The number of aromatic nitrogens is 1. The molecule has 4 nitrogen and oxygen atoms in total. The molecule has 1 aromatic rings. The van der Waals surface area contributed by atoms with Gasteiger partial charge in [0, 0.05) is 0 Å². The summed E-state index contributed by atoms with van der Waals surface area (Å²) in [7, 11) is -3.09. The average Bonchev–Trinajstić information content (AvgIpc) is 2.81. The van der Waals surface area contributed by atoms with Gasteiger partial charge in [0.2, 0.25) is 0 Å². The summed E-state index contributed by atoms with van der Waals surface area (Å²) in [6, 6.07) is 0. The number of aliphatic hydroxyl groups is 1. The molecule has 1 N–H and O–H groups in total. The molecule has 0 amide bonds. The minimum atomic E-state index is -3.09. The number of rotatable bonds is 5. The fourth-order valence-electron chi connectivity index (χ4n) is 2.61. The number of nitrogens with zero attached hydrogens (tertiary/aromatic N) is 1. The number of sulfone groups is 1. The van der Waals surface area contributed by atoms with E-state index >= 15 is 0 Å². The molecule has 1 aromatic heterocycles. The first-order valence-electron chi connectivity index (χ1n) is 6.86. The first-order chi connectivity index (χ1) is 9.06. The third kappa shape index (κ3) is 3.55. The van der Waals surface area contributed by atoms with Gasteiger partial charge in [-0.05, 0) is 19.3 Å². The summed E-state index contributed by atoms with van der Waals surface area (Å²) >= 11 is 1.33. The topological polar surface area (TPSA) is 67.3 Å². The van der Waals surface area contributed by atoms with Gasteiger partial charge in [0.05, 0.1) is 22.4 Å². The van der Waals surface area contributed by atoms with Gasteiger partial charge < -0.3 is 5.11 Å². The van der Waals surface area contributed by atoms with E-state index in [9.17, 15) is 13.5 Å². The van der Waals surface area contributed by atoms with Crippen molar-refractivity contribution in [1.29, 1.82) is 0 Å². The van der Waals surface area contributed by atoms with Crippen LogP contribution in [0.1, 0.15) is 54.6 Å². The molecule has 1 aliphatic carbocycles. The second kappa shape index (κ2) is 6.33. The normalized spacial score (nSPS) is 17.8. The molecule has 1 saturated carbocycles. The quantitative estimate of drug-likeness (QED) is 0.907. The van der Waals surface area contributed by atoms with Crippen LogP contribution in [-0.4, -0.2) is 23.8 Å². The van der Waals surface area contributed by atoms with E-state index in [-0.39, 0.29) is 17.6 Å². The second-order valence-electron chi connectivity index (χ2n) is 5.06. The molecule has 0 saturated heterocycles. The van der Waals surface area contributed by atoms with Gasteiger partial charge in [0.1, 0.15) is 10.8 Å². The highest BCUT2D eigenvalue weighted by Crippen LogP contribution is 2.28. The molecule has 0 aromatic carbocycles. The van der Waals surface area contributed by atoms with E-state index in [2.05, 4.69) is 4.98 Å². The minimum Gasteiger partial charge on any atom is -0.391 e. The van der Waals surface area contributed by atoms with Crippen LogP contribution in [0.25, 0.3) is 0 Å². The van der Waals surface area contributed by atoms with E-state index in [1.165, 1.54) is 11.3 Å². The summed E-state index contributed by atoms with van der Waals surface area (Å²) < 4.78 is 24.7. The van der Waals surface area contributed by atoms with Gasteiger partial charge in [-0.25, -0.2) is 13.4 Å². The summed E-state index contributed by atoms with van der Waals surface area (Å²) in [6.45, 7) is 1.91. The predicted octanol–water partition coefficient (Wildman–Crippen LogP) is 2.45. The number of aryl methyl sites for hydroxylation is 1. The maximum absolute atomic E-state index is 12.4. The van der Waals surface area contributed by atoms with Crippen molar-refractivity contribution < 1.29 is 13.5 Å². The lowest BCUT2D eigenvalue weighted by atomic mass is 10.0. The van der Waals surface area contributed by atoms with Crippen molar-refractivity contribution in [1.82, 2.24) is 4.98 Å². The lowest BCUT2D eigenvalue weighted by Crippen LogP contribution is -2.25. The van der Waals surface area contributed by atoms with Gasteiger partial charge in [-0.1, -0.05) is 26.2 Å². The van der Waals surface area contributed by atoms with Crippen LogP contribution in [0.3, 0.4) is 0 Å². The Morgan fingerprint density at radius 2 is 2.00 bits per heavy atom. The number of aliphatic hydroxyl groups excluding tert-OH is 1. The van der Waals surface area contributed by atoms with E-state index in [1.54, 1.807) is 0 Å². The Balaban J connectivity index is 2.13. The Kier molecular flexibility index (Phi) is 4.97. The van der Waals surface area contributed by atoms with Crippen molar-refractivity contribution in [3.05, 3.63) is 15.6 Å². The summed E-state index contributed by atoms with van der Waals surface area (Å²) in [4.78, 5) is 5.16. The zero-order valence-corrected chi connectivity index (χ0v) is 12.9. The van der Waals surface area contributed by atoms with E-state index < -0.39 is 9.84 Å². The fourth-order valence-corrected chi connectivity index (χ4v) is 5.85. The van der Waals surface area contributed by atoms with Gasteiger partial charge in [0.15, 0.2) is 9.84 Å². The lowest BCUT2D eigenvalue weighted by molar-refractivity contribution is 0.284. The lowest BCUT2D eigenvalue weighted by Gasteiger charge is -2.21. The Bertz CT molecular complexity index is 494. The molecule has 1 heterocycles. The smallest absolute Gasteiger partial charge is 0.159 e. The Hall–Kier alpha value is -0.460. The van der Waals surface area contributed by atoms with Crippen LogP contribution in [0.4, 0.5) is 0 Å². The first-order valence-corrected chi connectivity index (χ1v) is 9.40. The average molecular weight is 303 g/mol. The van der Waals surface area contributed by atoms with Crippen molar-refractivity contribution in [2.24, 2.45) is 0 Å². The van der Waals surface area contributed by atoms with Crippen molar-refractivity contribution >= 4 is 21.2 Å². The molecule has 0 radical (unpaired) electrons. The largest absolute Gasteiger partial charge is 0.391 e. The van der Waals surface area contributed by atoms with Gasteiger partial charge in [-0.3, -0.25) is 0 Å². The summed E-state index contributed by atoms with van der Waals surface area (Å²) in [5, 5.41) is 9.67. The zero-order valence-electron chi connectivity index (χ0n) is 11.3. The monoisotopic (exact) mass is 303 g/mol. The van der Waals surface area contributed by atoms with Crippen LogP contribution < -0.4 is 0 Å². The molecule has 0 aliphatic heterocycles. The molecular formula is C13H21NO3S2. The molecular weight excluding hydrogens is 282 g/mol. The van der Waals surface area contributed by atoms with Gasteiger partial charge in [-0.2, -0.15) is 0 Å². The summed E-state index contributed by atoms with van der Waals surface area (Å²) in [6.07, 6.45) is 5.50. The molecule has 1 fully saturated rings. The highest BCUT2D eigenvalue weighted by atomic mass is 32.2. The van der Waals surface area contributed by atoms with Crippen LogP contribution in [-0.2, 0) is 28.6 Å². The molecule has 6 heteroatoms. The van der Waals surface area contributed by atoms with Gasteiger partial charge in [-0.15, -0.1) is 11.3 Å². The number of hydrogen-bond donors (Lipinski definition) is 1. The van der Waals surface area contributed by atoms with Crippen molar-refractivity contribution in [3.63, 3.8) is 0 Å². The van der Waals surface area contributed by atoms with Crippen LogP contribution >= 0.6 is 11.3 Å². The van der Waals surface area contributed by atoms with Crippen LogP contribution in [0.5, 0.6) is 0 Å². The molecule has 108 valence electrons. The second-order valence-corrected chi connectivity index (χ2v) is 8.51. The van der Waals surface area contributed by atoms with Gasteiger partial charge >= 0.3 is 0 Å². The van der Waals surface area contributed by atoms with Crippen molar-refractivity contribution in [3.8, 4) is 0 Å². The van der Waals surface area contributed by atoms with E-state index in [0.29, 0.717) is 5.01 Å². The number of hydrogen-bond acceptors (Lipinski definition) is 5. The van der Waals surface area contributed by atoms with Crippen molar-refractivity contribution in [2.75, 3.05) is 0 Å². The molecule has 0 bridgehead atoms. The fraction of sp³-hybridized carbons (Fsp3) is 0.769. The third-order valence-corrected chi connectivity index (χ3v) is 7.11. The van der Waals surface area contributed by atoms with Gasteiger partial charge in [0.25, 0.3) is 0 Å². The SMILES string of the molecule is CCc1nc(CS(=O)(=O)C2CCCCC2)sc1CO. The molecule has 19 heavy (non-hydrogen) atoms. The maximum Gasteiger partial charge on any atom is 0.159 e. The van der Waals surface area contributed by atoms with Crippen molar-refractivity contribution in [2.45, 2.75) is 63.1 Å². The Labute approximate surface area is 118 Å². The number of thiazole rings is 1. The predicted molar refractivity (Wildman–Crippen MR) is 76.9 cm³/mol. The zero-order chi connectivity index (χ0) is 13.9. The third-order valence-electron chi connectivity index (χ3n) is 3.69. The minimum absolute atomic E-state index is 0.0370. The highest BCUT2D eigenvalue weighted by molar-refractivity contribution is 7.91. The van der Waals surface area contributed by atoms with E-state index in [4.69, 9.17) is 0 Å². The van der Waals surface area contributed by atoms with Crippen LogP contribution in [0, 0.1) is 0 Å².